The Kier molecular flexibility index (Phi) is 8.50. The van der Waals surface area contributed by atoms with E-state index in [1.807, 2.05) is 66.7 Å². The zero-order valence-electron chi connectivity index (χ0n) is 23.8. The highest BCUT2D eigenvalue weighted by Gasteiger charge is 2.41. The molecule has 4 aromatic carbocycles. The minimum atomic E-state index is -0.500. The topological polar surface area (TPSA) is 59.1 Å². The third-order valence-corrected chi connectivity index (χ3v) is 7.19. The second-order valence-corrected chi connectivity index (χ2v) is 11.2. The Hall–Kier alpha value is -4.75. The lowest BCUT2D eigenvalue weighted by atomic mass is 9.87. The molecule has 0 aliphatic carbocycles. The molecule has 0 N–H and O–H groups in total. The third-order valence-electron chi connectivity index (χ3n) is 6.83. The van der Waals surface area contributed by atoms with Crippen molar-refractivity contribution in [1.29, 1.82) is 0 Å². The van der Waals surface area contributed by atoms with Crippen LogP contribution < -0.4 is 19.3 Å². The Morgan fingerprint density at radius 1 is 0.667 bits per heavy atom. The molecule has 1 heterocycles. The molecule has 1 aliphatic rings. The molecule has 4 aromatic rings. The van der Waals surface area contributed by atoms with Crippen molar-refractivity contribution in [3.63, 3.8) is 0 Å². The average Bonchev–Trinajstić information content (AvgIpc) is 2.99. The van der Waals surface area contributed by atoms with Crippen molar-refractivity contribution in [3.8, 4) is 11.5 Å². The van der Waals surface area contributed by atoms with Crippen molar-refractivity contribution in [1.82, 2.24) is 0 Å². The van der Waals surface area contributed by atoms with Gasteiger partial charge < -0.3 is 9.47 Å². The minimum Gasteiger partial charge on any atom is -0.490 e. The normalized spacial score (nSPS) is 13.8. The molecule has 1 fully saturated rings. The molecule has 212 valence electrons. The lowest BCUT2D eigenvalue weighted by Gasteiger charge is -2.36. The number of hydrogen-bond acceptors (Lipinski definition) is 5. The molecule has 0 bridgehead atoms. The predicted octanol–water partition coefficient (Wildman–Crippen LogP) is 7.19. The van der Waals surface area contributed by atoms with Crippen molar-refractivity contribution in [2.45, 2.75) is 26.2 Å². The van der Waals surface area contributed by atoms with Gasteiger partial charge in [-0.2, -0.15) is 0 Å². The van der Waals surface area contributed by atoms with Crippen LogP contribution in [-0.2, 0) is 15.0 Å². The van der Waals surface area contributed by atoms with E-state index in [2.05, 4.69) is 32.9 Å². The Morgan fingerprint density at radius 3 is 1.71 bits per heavy atom. The molecular weight excluding hydrogens is 544 g/mol. The van der Waals surface area contributed by atoms with Crippen molar-refractivity contribution >= 4 is 46.6 Å². The Balaban J connectivity index is 1.38. The molecule has 0 spiro atoms. The predicted molar refractivity (Wildman–Crippen MR) is 171 cm³/mol. The highest BCUT2D eigenvalue weighted by molar-refractivity contribution is 7.81. The molecule has 2 amide bonds. The Morgan fingerprint density at radius 2 is 1.17 bits per heavy atom. The smallest absolute Gasteiger partial charge is 0.270 e. The number of carbonyl (C=O) groups excluding carboxylic acids is 2. The van der Waals surface area contributed by atoms with E-state index in [-0.39, 0.29) is 22.7 Å². The lowest BCUT2D eigenvalue weighted by molar-refractivity contribution is -0.120. The quantitative estimate of drug-likeness (QED) is 0.0962. The maximum Gasteiger partial charge on any atom is 0.270 e. The van der Waals surface area contributed by atoms with E-state index in [9.17, 15) is 9.59 Å². The number of benzene rings is 4. The second kappa shape index (κ2) is 12.4. The standard InChI is InChI=1S/C35H32N2O4S/c1-35(2,3)26-18-20-29(21-19-26)40-22-23-41-31-17-11-10-12-25(31)24-30-32(38)36(27-13-6-4-7-14-27)34(42)37(33(30)39)28-15-8-5-9-16-28/h4-21,24H,22-23H2,1-3H3. The first kappa shape index (κ1) is 28.8. The average molecular weight is 577 g/mol. The number of ether oxygens (including phenoxy) is 2. The molecule has 42 heavy (non-hydrogen) atoms. The Labute approximate surface area is 251 Å². The summed E-state index contributed by atoms with van der Waals surface area (Å²) in [6, 6.07) is 33.5. The van der Waals surface area contributed by atoms with Gasteiger partial charge in [-0.1, -0.05) is 87.5 Å². The summed E-state index contributed by atoms with van der Waals surface area (Å²) in [6.45, 7) is 7.12. The fourth-order valence-corrected chi connectivity index (χ4v) is 4.96. The van der Waals surface area contributed by atoms with E-state index in [1.165, 1.54) is 15.4 Å². The summed E-state index contributed by atoms with van der Waals surface area (Å²) >= 11 is 5.69. The summed E-state index contributed by atoms with van der Waals surface area (Å²) in [4.78, 5) is 30.4. The van der Waals surface area contributed by atoms with Crippen LogP contribution >= 0.6 is 12.2 Å². The molecule has 0 atom stereocenters. The van der Waals surface area contributed by atoms with Crippen LogP contribution in [0.3, 0.4) is 0 Å². The van der Waals surface area contributed by atoms with Crippen LogP contribution in [0.4, 0.5) is 11.4 Å². The summed E-state index contributed by atoms with van der Waals surface area (Å²) in [5.41, 5.74) is 3.02. The first-order valence-corrected chi connectivity index (χ1v) is 14.1. The molecule has 0 saturated carbocycles. The van der Waals surface area contributed by atoms with Gasteiger partial charge in [0, 0.05) is 5.56 Å². The number of nitrogens with zero attached hydrogens (tertiary/aromatic N) is 2. The van der Waals surface area contributed by atoms with Crippen molar-refractivity contribution in [2.24, 2.45) is 0 Å². The Bertz CT molecular complexity index is 1550. The van der Waals surface area contributed by atoms with Gasteiger partial charge in [-0.15, -0.1) is 0 Å². The molecule has 0 radical (unpaired) electrons. The monoisotopic (exact) mass is 576 g/mol. The lowest BCUT2D eigenvalue weighted by Crippen LogP contribution is -2.56. The SMILES string of the molecule is CC(C)(C)c1ccc(OCCOc2ccccc2C=C2C(=O)N(c3ccccc3)C(=S)N(c3ccccc3)C2=O)cc1. The number of hydrogen-bond donors (Lipinski definition) is 0. The van der Waals surface area contributed by atoms with Crippen molar-refractivity contribution in [3.05, 3.63) is 126 Å². The van der Waals surface area contributed by atoms with E-state index in [1.54, 1.807) is 36.4 Å². The molecule has 5 rings (SSSR count). The molecule has 1 saturated heterocycles. The number of para-hydroxylation sites is 3. The first-order valence-electron chi connectivity index (χ1n) is 13.7. The summed E-state index contributed by atoms with van der Waals surface area (Å²) < 4.78 is 11.9. The van der Waals surface area contributed by atoms with Crippen LogP contribution in [0.5, 0.6) is 11.5 Å². The fourth-order valence-electron chi connectivity index (χ4n) is 4.59. The van der Waals surface area contributed by atoms with Gasteiger partial charge in [-0.25, -0.2) is 0 Å². The molecule has 0 unspecified atom stereocenters. The maximum absolute atomic E-state index is 13.8. The van der Waals surface area contributed by atoms with Crippen LogP contribution in [0.2, 0.25) is 0 Å². The molecular formula is C35H32N2O4S. The minimum absolute atomic E-state index is 0.0254. The fraction of sp³-hybridized carbons (Fsp3) is 0.171. The van der Waals surface area contributed by atoms with Crippen LogP contribution in [0.1, 0.15) is 31.9 Å². The van der Waals surface area contributed by atoms with E-state index in [0.29, 0.717) is 29.3 Å². The maximum atomic E-state index is 13.8. The van der Waals surface area contributed by atoms with Gasteiger partial charge in [0.25, 0.3) is 11.8 Å². The van der Waals surface area contributed by atoms with Gasteiger partial charge in [-0.3, -0.25) is 19.4 Å². The van der Waals surface area contributed by atoms with Crippen molar-refractivity contribution in [2.75, 3.05) is 23.0 Å². The summed E-state index contributed by atoms with van der Waals surface area (Å²) in [5, 5.41) is 0.0942. The summed E-state index contributed by atoms with van der Waals surface area (Å²) in [7, 11) is 0. The van der Waals surface area contributed by atoms with E-state index < -0.39 is 11.8 Å². The molecule has 1 aliphatic heterocycles. The van der Waals surface area contributed by atoms with Crippen LogP contribution in [0.15, 0.2) is 115 Å². The van der Waals surface area contributed by atoms with Crippen molar-refractivity contribution < 1.29 is 19.1 Å². The van der Waals surface area contributed by atoms with E-state index >= 15 is 0 Å². The van der Waals surface area contributed by atoms with Crippen LogP contribution in [0, 0.1) is 0 Å². The van der Waals surface area contributed by atoms with Gasteiger partial charge in [0.1, 0.15) is 30.3 Å². The largest absolute Gasteiger partial charge is 0.490 e. The van der Waals surface area contributed by atoms with Gasteiger partial charge in [-0.05, 0) is 71.7 Å². The van der Waals surface area contributed by atoms with Crippen LogP contribution in [-0.4, -0.2) is 30.1 Å². The zero-order valence-corrected chi connectivity index (χ0v) is 24.6. The zero-order chi connectivity index (χ0) is 29.7. The van der Waals surface area contributed by atoms with Gasteiger partial charge in [0.15, 0.2) is 5.11 Å². The highest BCUT2D eigenvalue weighted by atomic mass is 32.1. The molecule has 0 aromatic heterocycles. The van der Waals surface area contributed by atoms with E-state index in [4.69, 9.17) is 21.7 Å². The number of anilines is 2. The second-order valence-electron chi connectivity index (χ2n) is 10.8. The molecule has 6 nitrogen and oxygen atoms in total. The third kappa shape index (κ3) is 6.26. The number of carbonyl (C=O) groups is 2. The van der Waals surface area contributed by atoms with Gasteiger partial charge in [0.05, 0.1) is 11.4 Å². The summed E-state index contributed by atoms with van der Waals surface area (Å²) in [5.74, 6) is 0.293. The number of rotatable bonds is 8. The number of amides is 2. The first-order chi connectivity index (χ1) is 20.2. The van der Waals surface area contributed by atoms with Gasteiger partial charge >= 0.3 is 0 Å². The highest BCUT2D eigenvalue weighted by Crippen LogP contribution is 2.31. The van der Waals surface area contributed by atoms with Gasteiger partial charge in [0.2, 0.25) is 0 Å². The number of thiocarbonyl (C=S) groups is 1. The summed E-state index contributed by atoms with van der Waals surface area (Å²) in [6.07, 6.45) is 1.57. The van der Waals surface area contributed by atoms with Crippen LogP contribution in [0.25, 0.3) is 6.08 Å². The molecule has 7 heteroatoms. The van der Waals surface area contributed by atoms with E-state index in [0.717, 1.165) is 5.75 Å².